The molecule has 3 amide bonds. The highest BCUT2D eigenvalue weighted by molar-refractivity contribution is 7.99. The van der Waals surface area contributed by atoms with Gasteiger partial charge in [-0.05, 0) is 61.0 Å². The average molecular weight is 467 g/mol. The predicted molar refractivity (Wildman–Crippen MR) is 127 cm³/mol. The van der Waals surface area contributed by atoms with Crippen LogP contribution in [0.3, 0.4) is 0 Å². The summed E-state index contributed by atoms with van der Waals surface area (Å²) in [6.45, 7) is 2.18. The maximum atomic E-state index is 13.0. The summed E-state index contributed by atoms with van der Waals surface area (Å²) in [5, 5.41) is 4.36. The van der Waals surface area contributed by atoms with Crippen LogP contribution in [0.1, 0.15) is 16.8 Å². The van der Waals surface area contributed by atoms with Crippen molar-refractivity contribution in [3.05, 3.63) is 83.5 Å². The van der Waals surface area contributed by atoms with E-state index >= 15 is 0 Å². The number of rotatable bonds is 4. The van der Waals surface area contributed by atoms with Gasteiger partial charge in [0.15, 0.2) is 0 Å². The first-order valence-electron chi connectivity index (χ1n) is 10.4. The number of urea groups is 1. The molecular formula is C24H23ClN4O2S. The van der Waals surface area contributed by atoms with Crippen LogP contribution in [-0.4, -0.2) is 52.9 Å². The van der Waals surface area contributed by atoms with Gasteiger partial charge in [-0.25, -0.2) is 9.78 Å². The maximum Gasteiger partial charge on any atom is 0.321 e. The van der Waals surface area contributed by atoms with E-state index in [1.165, 1.54) is 0 Å². The summed E-state index contributed by atoms with van der Waals surface area (Å²) in [6, 6.07) is 20.2. The van der Waals surface area contributed by atoms with Crippen molar-refractivity contribution in [1.82, 2.24) is 14.8 Å². The Bertz CT molecular complexity index is 1080. The number of carbonyl (C=O) groups excluding carboxylic acids is 2. The summed E-state index contributed by atoms with van der Waals surface area (Å²) in [5.74, 6) is -0.0171. The molecule has 32 heavy (non-hydrogen) atoms. The highest BCUT2D eigenvalue weighted by Crippen LogP contribution is 2.26. The second-order valence-electron chi connectivity index (χ2n) is 7.37. The van der Waals surface area contributed by atoms with Crippen LogP contribution in [0, 0.1) is 0 Å². The second kappa shape index (κ2) is 10.5. The van der Waals surface area contributed by atoms with Crippen molar-refractivity contribution in [1.29, 1.82) is 0 Å². The van der Waals surface area contributed by atoms with Crippen molar-refractivity contribution >= 4 is 41.0 Å². The highest BCUT2D eigenvalue weighted by atomic mass is 35.5. The summed E-state index contributed by atoms with van der Waals surface area (Å²) >= 11 is 7.55. The van der Waals surface area contributed by atoms with Gasteiger partial charge < -0.3 is 15.1 Å². The molecule has 0 atom stereocenters. The number of carbonyl (C=O) groups is 2. The lowest BCUT2D eigenvalue weighted by Gasteiger charge is -2.22. The van der Waals surface area contributed by atoms with Gasteiger partial charge in [0.25, 0.3) is 5.91 Å². The molecule has 0 bridgehead atoms. The van der Waals surface area contributed by atoms with Crippen molar-refractivity contribution in [3.8, 4) is 0 Å². The number of pyridine rings is 1. The molecule has 1 aliphatic rings. The minimum Gasteiger partial charge on any atom is -0.337 e. The molecule has 0 radical (unpaired) electrons. The summed E-state index contributed by atoms with van der Waals surface area (Å²) in [5.41, 5.74) is 1.30. The molecule has 0 unspecified atom stereocenters. The zero-order valence-electron chi connectivity index (χ0n) is 17.4. The Balaban J connectivity index is 1.33. The first-order chi connectivity index (χ1) is 15.6. The molecule has 164 valence electrons. The fourth-order valence-corrected chi connectivity index (χ4v) is 4.43. The quantitative estimate of drug-likeness (QED) is 0.569. The molecule has 3 aromatic rings. The predicted octanol–water partition coefficient (Wildman–Crippen LogP) is 5.27. The van der Waals surface area contributed by atoms with E-state index < -0.39 is 0 Å². The topological polar surface area (TPSA) is 65.5 Å². The number of amides is 3. The van der Waals surface area contributed by atoms with Crippen molar-refractivity contribution in [2.24, 2.45) is 0 Å². The van der Waals surface area contributed by atoms with Crippen LogP contribution in [0.4, 0.5) is 10.5 Å². The molecule has 6 nitrogen and oxygen atoms in total. The van der Waals surface area contributed by atoms with Gasteiger partial charge in [0.05, 0.1) is 0 Å². The lowest BCUT2D eigenvalue weighted by atomic mass is 10.2. The summed E-state index contributed by atoms with van der Waals surface area (Å²) in [7, 11) is 0. The molecule has 1 N–H and O–H groups in total. The molecule has 2 heterocycles. The number of nitrogens with one attached hydrogen (secondary N) is 1. The molecule has 0 spiro atoms. The Labute approximate surface area is 196 Å². The highest BCUT2D eigenvalue weighted by Gasteiger charge is 2.23. The van der Waals surface area contributed by atoms with Gasteiger partial charge in [-0.1, -0.05) is 35.5 Å². The first-order valence-corrected chi connectivity index (χ1v) is 11.6. The summed E-state index contributed by atoms with van der Waals surface area (Å²) in [4.78, 5) is 34.5. The number of aromatic nitrogens is 1. The van der Waals surface area contributed by atoms with Gasteiger partial charge in [0, 0.05) is 53.5 Å². The molecule has 4 rings (SSSR count). The first kappa shape index (κ1) is 22.2. The van der Waals surface area contributed by atoms with Gasteiger partial charge in [0.1, 0.15) is 5.03 Å². The Morgan fingerprint density at radius 1 is 0.906 bits per heavy atom. The molecule has 1 aromatic heterocycles. The van der Waals surface area contributed by atoms with E-state index in [9.17, 15) is 9.59 Å². The Hall–Kier alpha value is -3.03. The Morgan fingerprint density at radius 3 is 2.44 bits per heavy atom. The maximum absolute atomic E-state index is 13.0. The Kier molecular flexibility index (Phi) is 7.29. The second-order valence-corrected chi connectivity index (χ2v) is 8.90. The third-order valence-corrected chi connectivity index (χ3v) is 6.30. The zero-order valence-corrected chi connectivity index (χ0v) is 19.0. The minimum atomic E-state index is -0.183. The van der Waals surface area contributed by atoms with E-state index in [1.54, 1.807) is 47.1 Å². The van der Waals surface area contributed by atoms with Crippen LogP contribution in [0.5, 0.6) is 0 Å². The van der Waals surface area contributed by atoms with Crippen LogP contribution in [0.25, 0.3) is 0 Å². The summed E-state index contributed by atoms with van der Waals surface area (Å²) in [6.07, 6.45) is 2.49. The number of halogens is 1. The number of hydrogen-bond acceptors (Lipinski definition) is 4. The largest absolute Gasteiger partial charge is 0.337 e. The van der Waals surface area contributed by atoms with Crippen LogP contribution in [0.15, 0.2) is 82.8 Å². The zero-order chi connectivity index (χ0) is 22.3. The van der Waals surface area contributed by atoms with Crippen molar-refractivity contribution in [3.63, 3.8) is 0 Å². The van der Waals surface area contributed by atoms with Crippen LogP contribution >= 0.6 is 23.4 Å². The molecule has 2 aromatic carbocycles. The van der Waals surface area contributed by atoms with Crippen LogP contribution in [0.2, 0.25) is 5.02 Å². The Morgan fingerprint density at radius 2 is 1.69 bits per heavy atom. The van der Waals surface area contributed by atoms with Gasteiger partial charge in [-0.15, -0.1) is 0 Å². The third-order valence-electron chi connectivity index (χ3n) is 5.11. The number of benzene rings is 2. The third kappa shape index (κ3) is 5.81. The summed E-state index contributed by atoms with van der Waals surface area (Å²) < 4.78 is 0. The van der Waals surface area contributed by atoms with E-state index in [4.69, 9.17) is 11.6 Å². The molecule has 0 saturated carbocycles. The van der Waals surface area contributed by atoms with Gasteiger partial charge in [0.2, 0.25) is 0 Å². The molecule has 8 heteroatoms. The lowest BCUT2D eigenvalue weighted by molar-refractivity contribution is 0.0762. The molecule has 1 saturated heterocycles. The normalized spacial score (nSPS) is 14.0. The molecule has 1 fully saturated rings. The van der Waals surface area contributed by atoms with Crippen molar-refractivity contribution < 1.29 is 9.59 Å². The average Bonchev–Trinajstić information content (AvgIpc) is 3.06. The van der Waals surface area contributed by atoms with E-state index in [1.807, 2.05) is 47.4 Å². The molecular weight excluding hydrogens is 444 g/mol. The van der Waals surface area contributed by atoms with Gasteiger partial charge in [-0.2, -0.15) is 0 Å². The smallest absolute Gasteiger partial charge is 0.321 e. The van der Waals surface area contributed by atoms with Crippen LogP contribution in [-0.2, 0) is 0 Å². The van der Waals surface area contributed by atoms with Crippen LogP contribution < -0.4 is 5.32 Å². The number of anilines is 1. The van der Waals surface area contributed by atoms with Gasteiger partial charge in [-0.3, -0.25) is 4.79 Å². The van der Waals surface area contributed by atoms with E-state index in [-0.39, 0.29) is 11.9 Å². The number of nitrogens with zero attached hydrogens (tertiary/aromatic N) is 3. The standard InChI is InChI=1S/C24H23ClN4O2S/c25-19-5-3-6-20(17-19)27-24(31)29-14-4-13-28(15-16-29)23(30)18-8-10-21(11-9-18)32-22-7-1-2-12-26-22/h1-3,5-12,17H,4,13-16H2,(H,27,31). The van der Waals surface area contributed by atoms with E-state index in [0.717, 1.165) is 16.3 Å². The van der Waals surface area contributed by atoms with Crippen molar-refractivity contribution in [2.75, 3.05) is 31.5 Å². The van der Waals surface area contributed by atoms with Gasteiger partial charge >= 0.3 is 6.03 Å². The lowest BCUT2D eigenvalue weighted by Crippen LogP contribution is -2.39. The minimum absolute atomic E-state index is 0.0171. The van der Waals surface area contributed by atoms with Crippen molar-refractivity contribution in [2.45, 2.75) is 16.3 Å². The fraction of sp³-hybridized carbons (Fsp3) is 0.208. The van der Waals surface area contributed by atoms with E-state index in [0.29, 0.717) is 42.5 Å². The monoisotopic (exact) mass is 466 g/mol. The SMILES string of the molecule is O=C(Nc1cccc(Cl)c1)N1CCCN(C(=O)c2ccc(Sc3ccccn3)cc2)CC1. The molecule has 1 aliphatic heterocycles. The molecule has 0 aliphatic carbocycles. The number of hydrogen-bond donors (Lipinski definition) is 1. The fourth-order valence-electron chi connectivity index (χ4n) is 3.47. The van der Waals surface area contributed by atoms with E-state index in [2.05, 4.69) is 10.3 Å².